The van der Waals surface area contributed by atoms with Crippen LogP contribution in [0.1, 0.15) is 17.4 Å². The van der Waals surface area contributed by atoms with Crippen LogP contribution in [0.5, 0.6) is 0 Å². The van der Waals surface area contributed by atoms with Crippen molar-refractivity contribution in [1.29, 1.82) is 0 Å². The Kier molecular flexibility index (Phi) is 4.41. The molecule has 2 rings (SSSR count). The SMILES string of the molecule is CCN(CCO)C(=O)c1cnn(-c2ccc(F)cc2)n1. The molecule has 1 amide bonds. The molecule has 0 spiro atoms. The third-order valence-corrected chi connectivity index (χ3v) is 2.81. The number of carbonyl (C=O) groups is 1. The largest absolute Gasteiger partial charge is 0.395 e. The minimum absolute atomic E-state index is 0.105. The number of likely N-dealkylation sites (N-methyl/N-ethyl adjacent to an activating group) is 1. The van der Waals surface area contributed by atoms with Crippen LogP contribution in [-0.4, -0.2) is 50.6 Å². The molecule has 0 saturated carbocycles. The highest BCUT2D eigenvalue weighted by Gasteiger charge is 2.17. The normalized spacial score (nSPS) is 10.6. The maximum absolute atomic E-state index is 12.8. The van der Waals surface area contributed by atoms with Crippen molar-refractivity contribution >= 4 is 5.91 Å². The lowest BCUT2D eigenvalue weighted by atomic mass is 10.3. The summed E-state index contributed by atoms with van der Waals surface area (Å²) in [7, 11) is 0. The van der Waals surface area contributed by atoms with E-state index in [1.165, 1.54) is 40.2 Å². The molecule has 0 saturated heterocycles. The fourth-order valence-corrected chi connectivity index (χ4v) is 1.75. The van der Waals surface area contributed by atoms with E-state index in [0.29, 0.717) is 12.2 Å². The van der Waals surface area contributed by atoms with Crippen molar-refractivity contribution in [2.24, 2.45) is 0 Å². The van der Waals surface area contributed by atoms with E-state index in [0.717, 1.165) is 0 Å². The summed E-state index contributed by atoms with van der Waals surface area (Å²) in [6, 6.07) is 5.64. The van der Waals surface area contributed by atoms with E-state index >= 15 is 0 Å². The van der Waals surface area contributed by atoms with Crippen molar-refractivity contribution in [1.82, 2.24) is 19.9 Å². The number of carbonyl (C=O) groups excluding carboxylic acids is 1. The maximum atomic E-state index is 12.8. The van der Waals surface area contributed by atoms with Crippen molar-refractivity contribution < 1.29 is 14.3 Å². The van der Waals surface area contributed by atoms with Crippen LogP contribution in [0.2, 0.25) is 0 Å². The van der Waals surface area contributed by atoms with E-state index in [9.17, 15) is 9.18 Å². The molecule has 6 nitrogen and oxygen atoms in total. The van der Waals surface area contributed by atoms with Crippen LogP contribution in [-0.2, 0) is 0 Å². The van der Waals surface area contributed by atoms with Gasteiger partial charge in [-0.15, -0.1) is 5.10 Å². The summed E-state index contributed by atoms with van der Waals surface area (Å²) in [5.74, 6) is -0.646. The zero-order chi connectivity index (χ0) is 14.5. The third-order valence-electron chi connectivity index (χ3n) is 2.81. The topological polar surface area (TPSA) is 71.2 Å². The number of nitrogens with zero attached hydrogens (tertiary/aromatic N) is 4. The van der Waals surface area contributed by atoms with E-state index in [-0.39, 0.29) is 30.6 Å². The Labute approximate surface area is 115 Å². The molecule has 1 N–H and O–H groups in total. The monoisotopic (exact) mass is 278 g/mol. The second-order valence-electron chi connectivity index (χ2n) is 4.10. The summed E-state index contributed by atoms with van der Waals surface area (Å²) in [5, 5.41) is 17.0. The van der Waals surface area contributed by atoms with Gasteiger partial charge in [0.15, 0.2) is 5.69 Å². The van der Waals surface area contributed by atoms with Gasteiger partial charge in [-0.3, -0.25) is 4.79 Å². The Balaban J connectivity index is 2.20. The lowest BCUT2D eigenvalue weighted by molar-refractivity contribution is 0.0725. The van der Waals surface area contributed by atoms with E-state index in [2.05, 4.69) is 10.2 Å². The zero-order valence-electron chi connectivity index (χ0n) is 11.0. The highest BCUT2D eigenvalue weighted by molar-refractivity contribution is 5.91. The smallest absolute Gasteiger partial charge is 0.276 e. The average Bonchev–Trinajstić information content (AvgIpc) is 2.94. The Morgan fingerprint density at radius 2 is 2.10 bits per heavy atom. The molecule has 0 radical (unpaired) electrons. The van der Waals surface area contributed by atoms with Gasteiger partial charge < -0.3 is 10.0 Å². The van der Waals surface area contributed by atoms with Gasteiger partial charge in [-0.25, -0.2) is 4.39 Å². The zero-order valence-corrected chi connectivity index (χ0v) is 11.0. The molecule has 0 aliphatic carbocycles. The van der Waals surface area contributed by atoms with Gasteiger partial charge >= 0.3 is 0 Å². The summed E-state index contributed by atoms with van der Waals surface area (Å²) < 4.78 is 12.8. The first-order chi connectivity index (χ1) is 9.65. The molecule has 20 heavy (non-hydrogen) atoms. The number of rotatable bonds is 5. The van der Waals surface area contributed by atoms with Crippen molar-refractivity contribution in [3.8, 4) is 5.69 Å². The number of aliphatic hydroxyl groups is 1. The Morgan fingerprint density at radius 3 is 2.70 bits per heavy atom. The van der Waals surface area contributed by atoms with E-state index in [4.69, 9.17) is 5.11 Å². The summed E-state index contributed by atoms with van der Waals surface area (Å²) in [4.78, 5) is 14.8. The maximum Gasteiger partial charge on any atom is 0.276 e. The van der Waals surface area contributed by atoms with Gasteiger partial charge in [0, 0.05) is 13.1 Å². The van der Waals surface area contributed by atoms with Crippen LogP contribution in [0.25, 0.3) is 5.69 Å². The number of halogens is 1. The average molecular weight is 278 g/mol. The molecule has 0 unspecified atom stereocenters. The van der Waals surface area contributed by atoms with Crippen LogP contribution in [0.3, 0.4) is 0 Å². The Hall–Kier alpha value is -2.28. The van der Waals surface area contributed by atoms with Crippen LogP contribution < -0.4 is 0 Å². The number of hydrogen-bond donors (Lipinski definition) is 1. The summed E-state index contributed by atoms with van der Waals surface area (Å²) in [6.45, 7) is 2.44. The lowest BCUT2D eigenvalue weighted by Gasteiger charge is -2.17. The molecule has 2 aromatic rings. The highest BCUT2D eigenvalue weighted by atomic mass is 19.1. The van der Waals surface area contributed by atoms with Crippen LogP contribution in [0.15, 0.2) is 30.5 Å². The standard InChI is InChI=1S/C13H15FN4O2/c1-2-17(7-8-19)13(20)12-9-15-18(16-12)11-5-3-10(14)4-6-11/h3-6,9,19H,2,7-8H2,1H3. The first-order valence-corrected chi connectivity index (χ1v) is 6.24. The van der Waals surface area contributed by atoms with Crippen molar-refractivity contribution in [3.05, 3.63) is 42.0 Å². The van der Waals surface area contributed by atoms with Crippen molar-refractivity contribution in [2.75, 3.05) is 19.7 Å². The molecule has 106 valence electrons. The van der Waals surface area contributed by atoms with Crippen molar-refractivity contribution in [2.45, 2.75) is 6.92 Å². The molecule has 0 aliphatic heterocycles. The number of aliphatic hydroxyl groups excluding tert-OH is 1. The minimum Gasteiger partial charge on any atom is -0.395 e. The molecular formula is C13H15FN4O2. The summed E-state index contributed by atoms with van der Waals surface area (Å²) in [6.07, 6.45) is 1.35. The molecule has 7 heteroatoms. The minimum atomic E-state index is -0.350. The van der Waals surface area contributed by atoms with E-state index in [1.54, 1.807) is 0 Å². The van der Waals surface area contributed by atoms with Gasteiger partial charge in [-0.1, -0.05) is 0 Å². The fraction of sp³-hybridized carbons (Fsp3) is 0.308. The highest BCUT2D eigenvalue weighted by Crippen LogP contribution is 2.08. The molecule has 0 fully saturated rings. The molecule has 0 atom stereocenters. The summed E-state index contributed by atoms with van der Waals surface area (Å²) >= 11 is 0. The second kappa shape index (κ2) is 6.25. The van der Waals surface area contributed by atoms with Gasteiger partial charge in [-0.05, 0) is 31.2 Å². The predicted molar refractivity (Wildman–Crippen MR) is 70.0 cm³/mol. The third kappa shape index (κ3) is 3.00. The van der Waals surface area contributed by atoms with E-state index in [1.807, 2.05) is 6.92 Å². The van der Waals surface area contributed by atoms with Crippen LogP contribution in [0, 0.1) is 5.82 Å². The number of aromatic nitrogens is 3. The molecule has 1 heterocycles. The van der Waals surface area contributed by atoms with Crippen LogP contribution >= 0.6 is 0 Å². The number of amides is 1. The summed E-state index contributed by atoms with van der Waals surface area (Å²) in [5.41, 5.74) is 0.750. The fourth-order valence-electron chi connectivity index (χ4n) is 1.75. The van der Waals surface area contributed by atoms with Gasteiger partial charge in [0.05, 0.1) is 18.5 Å². The van der Waals surface area contributed by atoms with Gasteiger partial charge in [0.25, 0.3) is 5.91 Å². The molecular weight excluding hydrogens is 263 g/mol. The van der Waals surface area contributed by atoms with Gasteiger partial charge in [0.1, 0.15) is 5.82 Å². The van der Waals surface area contributed by atoms with Crippen LogP contribution in [0.4, 0.5) is 4.39 Å². The quantitative estimate of drug-likeness (QED) is 0.880. The second-order valence-corrected chi connectivity index (χ2v) is 4.10. The van der Waals surface area contributed by atoms with E-state index < -0.39 is 0 Å². The predicted octanol–water partition coefficient (Wildman–Crippen LogP) is 0.861. The Bertz CT molecular complexity index is 582. The Morgan fingerprint density at radius 1 is 1.40 bits per heavy atom. The molecule has 1 aromatic heterocycles. The molecule has 0 aliphatic rings. The van der Waals surface area contributed by atoms with Gasteiger partial charge in [0.2, 0.25) is 0 Å². The first kappa shape index (κ1) is 14.1. The number of hydrogen-bond acceptors (Lipinski definition) is 4. The first-order valence-electron chi connectivity index (χ1n) is 6.24. The van der Waals surface area contributed by atoms with Crippen molar-refractivity contribution in [3.63, 3.8) is 0 Å². The molecule has 0 bridgehead atoms. The number of benzene rings is 1. The lowest BCUT2D eigenvalue weighted by Crippen LogP contribution is -2.33. The molecule has 1 aromatic carbocycles. The van der Waals surface area contributed by atoms with Gasteiger partial charge in [-0.2, -0.15) is 9.90 Å².